The molecule has 5 rings (SSSR count). The van der Waals surface area contributed by atoms with Crippen LogP contribution in [0.4, 0.5) is 0 Å². The van der Waals surface area contributed by atoms with Crippen LogP contribution < -0.4 is 5.32 Å². The van der Waals surface area contributed by atoms with Gasteiger partial charge in [0.05, 0.1) is 22.9 Å². The maximum atomic E-state index is 13.6. The average molecular weight is 532 g/mol. The number of piperidine rings is 1. The van der Waals surface area contributed by atoms with Crippen LogP contribution in [0.5, 0.6) is 0 Å². The molecule has 9 heteroatoms. The van der Waals surface area contributed by atoms with Gasteiger partial charge in [0.1, 0.15) is 11.6 Å². The number of likely N-dealkylation sites (tertiary alicyclic amines) is 1. The molecule has 208 valence electrons. The molecule has 2 fully saturated rings. The topological polar surface area (TPSA) is 96.2 Å². The number of carbonyl (C=O) groups is 2. The number of aromatic nitrogens is 4. The number of amides is 2. The molecule has 1 N–H and O–H groups in total. The lowest BCUT2D eigenvalue weighted by atomic mass is 9.80. The maximum absolute atomic E-state index is 13.6. The summed E-state index contributed by atoms with van der Waals surface area (Å²) in [6.07, 6.45) is 5.64. The molecule has 1 spiro atoms. The number of carbonyl (C=O) groups excluding carboxylic acids is 2. The fourth-order valence-corrected chi connectivity index (χ4v) is 6.13. The Morgan fingerprint density at radius 1 is 1.10 bits per heavy atom. The minimum Gasteiger partial charge on any atom is -0.342 e. The lowest BCUT2D eigenvalue weighted by Crippen LogP contribution is -2.73. The van der Waals surface area contributed by atoms with Crippen LogP contribution in [-0.2, 0) is 16.1 Å². The molecule has 2 aliphatic rings. The van der Waals surface area contributed by atoms with Gasteiger partial charge >= 0.3 is 0 Å². The normalized spacial score (nSPS) is 19.8. The Balaban J connectivity index is 1.32. The van der Waals surface area contributed by atoms with Crippen molar-refractivity contribution >= 4 is 22.8 Å². The van der Waals surface area contributed by atoms with Crippen LogP contribution in [0.3, 0.4) is 0 Å². The van der Waals surface area contributed by atoms with Gasteiger partial charge in [-0.25, -0.2) is 9.67 Å². The second kappa shape index (κ2) is 11.0. The molecule has 0 saturated carbocycles. The summed E-state index contributed by atoms with van der Waals surface area (Å²) in [7, 11) is 0. The zero-order valence-electron chi connectivity index (χ0n) is 23.9. The highest BCUT2D eigenvalue weighted by Crippen LogP contribution is 2.35. The third kappa shape index (κ3) is 5.16. The Kier molecular flexibility index (Phi) is 7.71. The Morgan fingerprint density at radius 2 is 1.82 bits per heavy atom. The molecule has 4 heterocycles. The molecule has 2 aromatic heterocycles. The molecule has 2 saturated heterocycles. The van der Waals surface area contributed by atoms with Crippen LogP contribution >= 0.6 is 0 Å². The quantitative estimate of drug-likeness (QED) is 0.473. The van der Waals surface area contributed by atoms with E-state index in [0.29, 0.717) is 37.5 Å². The summed E-state index contributed by atoms with van der Waals surface area (Å²) in [6, 6.07) is 7.43. The molecular formula is C30H41N7O2. The third-order valence-electron chi connectivity index (χ3n) is 8.41. The number of piperazine rings is 1. The van der Waals surface area contributed by atoms with Crippen LogP contribution in [0.1, 0.15) is 69.8 Å². The van der Waals surface area contributed by atoms with Gasteiger partial charge in [-0.15, -0.1) is 0 Å². The minimum absolute atomic E-state index is 0.0264. The number of aryl methyl sites for hydroxylation is 1. The molecule has 9 nitrogen and oxygen atoms in total. The number of para-hydroxylation sites is 2. The number of nitrogens with one attached hydrogen (secondary N) is 1. The van der Waals surface area contributed by atoms with Gasteiger partial charge in [-0.05, 0) is 57.6 Å². The van der Waals surface area contributed by atoms with Crippen molar-refractivity contribution in [2.24, 2.45) is 5.92 Å². The van der Waals surface area contributed by atoms with E-state index in [0.717, 1.165) is 54.9 Å². The second-order valence-electron chi connectivity index (χ2n) is 11.6. The lowest BCUT2D eigenvalue weighted by Gasteiger charge is -2.52. The zero-order valence-corrected chi connectivity index (χ0v) is 23.9. The number of nitrogens with zero attached hydrogens (tertiary/aromatic N) is 6. The van der Waals surface area contributed by atoms with Crippen molar-refractivity contribution in [3.8, 4) is 5.82 Å². The van der Waals surface area contributed by atoms with Crippen molar-refractivity contribution in [3.05, 3.63) is 47.4 Å². The van der Waals surface area contributed by atoms with Crippen molar-refractivity contribution in [2.75, 3.05) is 19.6 Å². The van der Waals surface area contributed by atoms with Gasteiger partial charge in [0, 0.05) is 37.4 Å². The smallest absolute Gasteiger partial charge is 0.246 e. The molecule has 39 heavy (non-hydrogen) atoms. The van der Waals surface area contributed by atoms with Crippen molar-refractivity contribution in [3.63, 3.8) is 0 Å². The molecule has 0 bridgehead atoms. The summed E-state index contributed by atoms with van der Waals surface area (Å²) >= 11 is 0. The van der Waals surface area contributed by atoms with Gasteiger partial charge in [-0.2, -0.15) is 5.10 Å². The van der Waals surface area contributed by atoms with Gasteiger partial charge in [-0.3, -0.25) is 19.5 Å². The van der Waals surface area contributed by atoms with Crippen molar-refractivity contribution in [1.82, 2.24) is 34.9 Å². The molecule has 1 atom stereocenters. The van der Waals surface area contributed by atoms with Gasteiger partial charge in [0.25, 0.3) is 0 Å². The zero-order chi connectivity index (χ0) is 27.7. The SMILES string of the molecule is CCCCN1C(=O)[C@H](CC(C)C)NC(=O)C12CCN(Cc1c(C)nn(-c3cnc4ccccc4n3)c1C)CC2. The monoisotopic (exact) mass is 531 g/mol. The first-order valence-corrected chi connectivity index (χ1v) is 14.4. The number of hydrogen-bond acceptors (Lipinski definition) is 6. The van der Waals surface area contributed by atoms with E-state index in [-0.39, 0.29) is 11.8 Å². The Labute approximate surface area is 231 Å². The van der Waals surface area contributed by atoms with Crippen molar-refractivity contribution in [2.45, 2.75) is 84.8 Å². The first-order chi connectivity index (χ1) is 18.7. The summed E-state index contributed by atoms with van der Waals surface area (Å²) in [5.41, 5.74) is 4.14. The number of hydrogen-bond donors (Lipinski definition) is 1. The summed E-state index contributed by atoms with van der Waals surface area (Å²) in [5.74, 6) is 1.17. The van der Waals surface area contributed by atoms with E-state index in [1.165, 1.54) is 5.56 Å². The van der Waals surface area contributed by atoms with E-state index >= 15 is 0 Å². The number of fused-ring (bicyclic) bond motifs is 1. The first kappa shape index (κ1) is 27.2. The van der Waals surface area contributed by atoms with Crippen LogP contribution in [0, 0.1) is 19.8 Å². The van der Waals surface area contributed by atoms with Gasteiger partial charge < -0.3 is 10.2 Å². The number of unbranched alkanes of at least 4 members (excludes halogenated alkanes) is 1. The maximum Gasteiger partial charge on any atom is 0.246 e. The highest BCUT2D eigenvalue weighted by atomic mass is 16.2. The fourth-order valence-electron chi connectivity index (χ4n) is 6.13. The van der Waals surface area contributed by atoms with E-state index in [1.807, 2.05) is 40.8 Å². The number of benzene rings is 1. The molecule has 3 aromatic rings. The fraction of sp³-hybridized carbons (Fsp3) is 0.567. The molecule has 1 aromatic carbocycles. The third-order valence-corrected chi connectivity index (χ3v) is 8.41. The van der Waals surface area contributed by atoms with Crippen LogP contribution in [0.2, 0.25) is 0 Å². The Morgan fingerprint density at radius 3 is 2.51 bits per heavy atom. The van der Waals surface area contributed by atoms with E-state index in [1.54, 1.807) is 6.20 Å². The van der Waals surface area contributed by atoms with E-state index in [2.05, 4.69) is 42.9 Å². The minimum atomic E-state index is -0.745. The predicted octanol–water partition coefficient (Wildman–Crippen LogP) is 3.94. The predicted molar refractivity (Wildman–Crippen MR) is 151 cm³/mol. The van der Waals surface area contributed by atoms with Crippen molar-refractivity contribution < 1.29 is 9.59 Å². The Bertz CT molecular complexity index is 1360. The van der Waals surface area contributed by atoms with Crippen LogP contribution in [0.25, 0.3) is 16.9 Å². The van der Waals surface area contributed by atoms with Gasteiger partial charge in [-0.1, -0.05) is 39.3 Å². The Hall–Kier alpha value is -3.33. The standard InChI is InChI=1S/C30H41N7O2/c1-6-7-14-36-28(38)26(17-20(2)3)33-29(39)30(36)12-15-35(16-13-30)19-23-21(4)34-37(22(23)5)27-18-31-24-10-8-9-11-25(24)32-27/h8-11,18,20,26H,6-7,12-17,19H2,1-5H3,(H,33,39)/t26-/m0/s1. The van der Waals surface area contributed by atoms with E-state index in [4.69, 9.17) is 10.1 Å². The van der Waals surface area contributed by atoms with E-state index < -0.39 is 11.6 Å². The highest BCUT2D eigenvalue weighted by Gasteiger charge is 2.53. The molecule has 0 radical (unpaired) electrons. The van der Waals surface area contributed by atoms with Crippen LogP contribution in [0.15, 0.2) is 30.5 Å². The molecule has 0 aliphatic carbocycles. The summed E-state index contributed by atoms with van der Waals surface area (Å²) in [5, 5.41) is 7.91. The second-order valence-corrected chi connectivity index (χ2v) is 11.6. The summed E-state index contributed by atoms with van der Waals surface area (Å²) in [6.45, 7) is 13.3. The largest absolute Gasteiger partial charge is 0.342 e. The van der Waals surface area contributed by atoms with E-state index in [9.17, 15) is 9.59 Å². The van der Waals surface area contributed by atoms with Gasteiger partial charge in [0.15, 0.2) is 5.82 Å². The van der Waals surface area contributed by atoms with Crippen LogP contribution in [-0.4, -0.2) is 72.6 Å². The van der Waals surface area contributed by atoms with Gasteiger partial charge in [0.2, 0.25) is 11.8 Å². The molecule has 0 unspecified atom stereocenters. The summed E-state index contributed by atoms with van der Waals surface area (Å²) < 4.78 is 1.88. The molecule has 2 amide bonds. The lowest BCUT2D eigenvalue weighted by molar-refractivity contribution is -0.161. The average Bonchev–Trinajstić information content (AvgIpc) is 3.20. The summed E-state index contributed by atoms with van der Waals surface area (Å²) in [4.78, 5) is 40.8. The molecule has 2 aliphatic heterocycles. The number of rotatable bonds is 8. The van der Waals surface area contributed by atoms with Crippen molar-refractivity contribution in [1.29, 1.82) is 0 Å². The highest BCUT2D eigenvalue weighted by molar-refractivity contribution is 6.00. The molecular weight excluding hydrogens is 490 g/mol. The first-order valence-electron chi connectivity index (χ1n) is 14.4.